The molecule has 3 aromatic rings. The van der Waals surface area contributed by atoms with E-state index in [1.165, 1.54) is 30.8 Å². The average molecular weight is 289 g/mol. The first-order valence-electron chi connectivity index (χ1n) is 5.78. The molecule has 3 rings (SSSR count). The fourth-order valence-corrected chi connectivity index (χ4v) is 3.02. The Hall–Kier alpha value is -2.41. The highest BCUT2D eigenvalue weighted by Gasteiger charge is 2.13. The van der Waals surface area contributed by atoms with Gasteiger partial charge in [0, 0.05) is 16.8 Å². The predicted molar refractivity (Wildman–Crippen MR) is 76.6 cm³/mol. The molecule has 0 atom stereocenters. The van der Waals surface area contributed by atoms with Crippen molar-refractivity contribution in [1.29, 1.82) is 0 Å². The summed E-state index contributed by atoms with van der Waals surface area (Å²) in [7, 11) is 3.10. The van der Waals surface area contributed by atoms with Crippen LogP contribution in [0, 0.1) is 0 Å². The van der Waals surface area contributed by atoms with E-state index >= 15 is 0 Å². The minimum Gasteiger partial charge on any atom is -0.497 e. The fourth-order valence-electron chi connectivity index (χ4n) is 1.95. The Kier molecular flexibility index (Phi) is 3.11. The second-order valence-corrected chi connectivity index (χ2v) is 5.10. The summed E-state index contributed by atoms with van der Waals surface area (Å²) in [5.74, 6) is 1.71. The lowest BCUT2D eigenvalue weighted by atomic mass is 10.2. The number of rotatable bonds is 3. The van der Waals surface area contributed by atoms with Gasteiger partial charge in [-0.3, -0.25) is 9.89 Å². The van der Waals surface area contributed by atoms with Gasteiger partial charge in [-0.25, -0.2) is 4.98 Å². The Morgan fingerprint density at radius 1 is 1.20 bits per heavy atom. The number of methoxy groups -OCH3 is 2. The van der Waals surface area contributed by atoms with Crippen LogP contribution < -0.4 is 14.9 Å². The third-order valence-electron chi connectivity index (χ3n) is 2.87. The van der Waals surface area contributed by atoms with Crippen LogP contribution in [0.2, 0.25) is 0 Å². The summed E-state index contributed by atoms with van der Waals surface area (Å²) >= 11 is 1.42. The first-order valence-corrected chi connectivity index (χ1v) is 6.60. The molecule has 6 nitrogen and oxygen atoms in total. The molecule has 102 valence electrons. The first-order chi connectivity index (χ1) is 9.72. The monoisotopic (exact) mass is 289 g/mol. The summed E-state index contributed by atoms with van der Waals surface area (Å²) in [4.78, 5) is 17.1. The Morgan fingerprint density at radius 2 is 2.05 bits per heavy atom. The predicted octanol–water partition coefficient (Wildman–Crippen LogP) is 2.06. The molecule has 2 aromatic heterocycles. The van der Waals surface area contributed by atoms with Crippen LogP contribution >= 0.6 is 11.3 Å². The Balaban J connectivity index is 2.33. The molecule has 20 heavy (non-hydrogen) atoms. The van der Waals surface area contributed by atoms with Gasteiger partial charge in [0.15, 0.2) is 11.3 Å². The largest absolute Gasteiger partial charge is 0.497 e. The Labute approximate surface area is 118 Å². The smallest absolute Gasteiger partial charge is 0.192 e. The van der Waals surface area contributed by atoms with Gasteiger partial charge in [-0.1, -0.05) is 0 Å². The van der Waals surface area contributed by atoms with Crippen LogP contribution in [0.15, 0.2) is 29.3 Å². The summed E-state index contributed by atoms with van der Waals surface area (Å²) in [5, 5.41) is 7.09. The molecule has 0 amide bonds. The lowest BCUT2D eigenvalue weighted by molar-refractivity contribution is 0.398. The van der Waals surface area contributed by atoms with Crippen molar-refractivity contribution < 1.29 is 9.47 Å². The number of fused-ring (bicyclic) bond motifs is 1. The zero-order valence-electron chi connectivity index (χ0n) is 10.8. The van der Waals surface area contributed by atoms with Gasteiger partial charge < -0.3 is 9.47 Å². The molecule has 0 bridgehead atoms. The number of nitrogens with zero attached hydrogens (tertiary/aromatic N) is 2. The van der Waals surface area contributed by atoms with Gasteiger partial charge in [0.05, 0.1) is 24.5 Å². The maximum atomic E-state index is 12.3. The zero-order chi connectivity index (χ0) is 14.1. The topological polar surface area (TPSA) is 77.1 Å². The van der Waals surface area contributed by atoms with Crippen molar-refractivity contribution in [3.8, 4) is 22.2 Å². The van der Waals surface area contributed by atoms with Crippen molar-refractivity contribution >= 4 is 21.4 Å². The molecule has 0 saturated carbocycles. The molecule has 0 fully saturated rings. The molecule has 2 heterocycles. The molecule has 0 aliphatic heterocycles. The van der Waals surface area contributed by atoms with Crippen LogP contribution in [0.4, 0.5) is 0 Å². The number of hydrogen-bond donors (Lipinski definition) is 1. The minimum atomic E-state index is -0.121. The van der Waals surface area contributed by atoms with E-state index in [9.17, 15) is 4.79 Å². The summed E-state index contributed by atoms with van der Waals surface area (Å²) in [6, 6.07) is 5.04. The number of aromatic nitrogens is 3. The van der Waals surface area contributed by atoms with Gasteiger partial charge in [0.25, 0.3) is 0 Å². The van der Waals surface area contributed by atoms with Crippen LogP contribution in [0.1, 0.15) is 0 Å². The summed E-state index contributed by atoms with van der Waals surface area (Å²) in [6.45, 7) is 0. The fraction of sp³-hybridized carbons (Fsp3) is 0.154. The molecule has 0 spiro atoms. The molecule has 1 aromatic carbocycles. The van der Waals surface area contributed by atoms with Crippen molar-refractivity contribution in [1.82, 2.24) is 15.2 Å². The molecule has 7 heteroatoms. The third kappa shape index (κ3) is 2.01. The number of ether oxygens (including phenoxy) is 2. The van der Waals surface area contributed by atoms with Gasteiger partial charge in [0.2, 0.25) is 0 Å². The molecule has 0 unspecified atom stereocenters. The van der Waals surface area contributed by atoms with Crippen molar-refractivity contribution in [2.45, 2.75) is 0 Å². The third-order valence-corrected chi connectivity index (χ3v) is 3.95. The van der Waals surface area contributed by atoms with Gasteiger partial charge in [-0.05, 0) is 6.07 Å². The van der Waals surface area contributed by atoms with Crippen molar-refractivity contribution in [2.75, 3.05) is 14.2 Å². The van der Waals surface area contributed by atoms with E-state index in [1.807, 2.05) is 6.07 Å². The maximum Gasteiger partial charge on any atom is 0.192 e. The van der Waals surface area contributed by atoms with Crippen LogP contribution in [0.5, 0.6) is 11.5 Å². The summed E-state index contributed by atoms with van der Waals surface area (Å²) in [6.07, 6.45) is 1.41. The van der Waals surface area contributed by atoms with Gasteiger partial charge in [-0.2, -0.15) is 5.10 Å². The van der Waals surface area contributed by atoms with Crippen LogP contribution in [0.25, 0.3) is 20.8 Å². The molecule has 0 saturated heterocycles. The highest BCUT2D eigenvalue weighted by molar-refractivity contribution is 7.21. The van der Waals surface area contributed by atoms with E-state index < -0.39 is 0 Å². The molecular weight excluding hydrogens is 278 g/mol. The summed E-state index contributed by atoms with van der Waals surface area (Å²) < 4.78 is 11.3. The molecule has 0 aliphatic carbocycles. The van der Waals surface area contributed by atoms with E-state index in [2.05, 4.69) is 15.2 Å². The highest BCUT2D eigenvalue weighted by Crippen LogP contribution is 2.34. The SMILES string of the molecule is COc1cc(OC)c2c(=O)cc(-c3ncn[nH]3)sc2c1. The maximum absolute atomic E-state index is 12.3. The molecule has 0 aliphatic rings. The average Bonchev–Trinajstić information content (AvgIpc) is 2.99. The second kappa shape index (κ2) is 4.93. The standard InChI is InChI=1S/C13H11N3O3S/c1-18-7-3-9(19-2)12-8(17)5-11(20-10(12)4-7)13-14-6-15-16-13/h3-6H,1-2H3,(H,14,15,16). The quantitative estimate of drug-likeness (QED) is 0.798. The van der Waals surface area contributed by atoms with Crippen LogP contribution in [-0.4, -0.2) is 29.4 Å². The van der Waals surface area contributed by atoms with E-state index in [4.69, 9.17) is 9.47 Å². The number of nitrogens with one attached hydrogen (secondary N) is 1. The molecular formula is C13H11N3O3S. The minimum absolute atomic E-state index is 0.121. The lowest BCUT2D eigenvalue weighted by Gasteiger charge is -2.08. The molecule has 1 N–H and O–H groups in total. The number of H-pyrrole nitrogens is 1. The van der Waals surface area contributed by atoms with Crippen molar-refractivity contribution in [3.05, 3.63) is 34.7 Å². The van der Waals surface area contributed by atoms with E-state index in [0.29, 0.717) is 22.7 Å². The van der Waals surface area contributed by atoms with E-state index in [0.717, 1.165) is 9.58 Å². The van der Waals surface area contributed by atoms with Gasteiger partial charge >= 0.3 is 0 Å². The second-order valence-electron chi connectivity index (χ2n) is 4.01. The number of aromatic amines is 1. The normalized spacial score (nSPS) is 10.7. The van der Waals surface area contributed by atoms with Crippen LogP contribution in [0.3, 0.4) is 0 Å². The van der Waals surface area contributed by atoms with E-state index in [1.54, 1.807) is 13.2 Å². The Morgan fingerprint density at radius 3 is 2.70 bits per heavy atom. The van der Waals surface area contributed by atoms with Gasteiger partial charge in [0.1, 0.15) is 17.8 Å². The van der Waals surface area contributed by atoms with E-state index in [-0.39, 0.29) is 5.43 Å². The molecule has 0 radical (unpaired) electrons. The summed E-state index contributed by atoms with van der Waals surface area (Å²) in [5.41, 5.74) is -0.121. The first kappa shape index (κ1) is 12.6. The highest BCUT2D eigenvalue weighted by atomic mass is 32.1. The number of benzene rings is 1. The van der Waals surface area contributed by atoms with Crippen molar-refractivity contribution in [2.24, 2.45) is 0 Å². The zero-order valence-corrected chi connectivity index (χ0v) is 11.7. The lowest BCUT2D eigenvalue weighted by Crippen LogP contribution is -2.02. The number of hydrogen-bond acceptors (Lipinski definition) is 6. The Bertz CT molecular complexity index is 812. The van der Waals surface area contributed by atoms with Crippen molar-refractivity contribution in [3.63, 3.8) is 0 Å². The van der Waals surface area contributed by atoms with Crippen LogP contribution in [-0.2, 0) is 0 Å². The van der Waals surface area contributed by atoms with Gasteiger partial charge in [-0.15, -0.1) is 11.3 Å².